The van der Waals surface area contributed by atoms with Crippen molar-refractivity contribution in [2.75, 3.05) is 24.6 Å². The number of rotatable bonds is 2. The quantitative estimate of drug-likeness (QED) is 0.891. The number of hydrogen-bond donors (Lipinski definition) is 1. The molecule has 1 aromatic rings. The summed E-state index contributed by atoms with van der Waals surface area (Å²) in [5, 5.41) is 9.15. The van der Waals surface area contributed by atoms with Crippen LogP contribution in [-0.2, 0) is 4.74 Å². The number of morpholine rings is 1. The van der Waals surface area contributed by atoms with Crippen molar-refractivity contribution in [3.63, 3.8) is 0 Å². The van der Waals surface area contributed by atoms with Crippen LogP contribution in [0.1, 0.15) is 24.3 Å². The van der Waals surface area contributed by atoms with Gasteiger partial charge >= 0.3 is 5.97 Å². The predicted molar refractivity (Wildman–Crippen MR) is 68.5 cm³/mol. The minimum absolute atomic E-state index is 0.113. The van der Waals surface area contributed by atoms with Crippen LogP contribution in [0, 0.1) is 0 Å². The molecule has 1 saturated heterocycles. The highest BCUT2D eigenvalue weighted by molar-refractivity contribution is 6.33. The molecule has 0 aliphatic carbocycles. The van der Waals surface area contributed by atoms with Crippen LogP contribution in [0.4, 0.5) is 5.82 Å². The molecule has 6 heteroatoms. The lowest BCUT2D eigenvalue weighted by Crippen LogP contribution is -2.48. The Hall–Kier alpha value is -1.33. The molecule has 1 N–H and O–H groups in total. The van der Waals surface area contributed by atoms with Gasteiger partial charge in [0.1, 0.15) is 5.82 Å². The van der Waals surface area contributed by atoms with Crippen molar-refractivity contribution in [2.45, 2.75) is 19.4 Å². The fourth-order valence-corrected chi connectivity index (χ4v) is 2.16. The van der Waals surface area contributed by atoms with Crippen LogP contribution in [0.5, 0.6) is 0 Å². The molecule has 0 amide bonds. The molecule has 0 saturated carbocycles. The molecule has 0 spiro atoms. The van der Waals surface area contributed by atoms with Crippen molar-refractivity contribution in [1.82, 2.24) is 4.98 Å². The summed E-state index contributed by atoms with van der Waals surface area (Å²) in [6.45, 7) is 5.94. The summed E-state index contributed by atoms with van der Waals surface area (Å²) in [4.78, 5) is 17.1. The number of pyridine rings is 1. The van der Waals surface area contributed by atoms with Gasteiger partial charge in [0, 0.05) is 13.1 Å². The van der Waals surface area contributed by atoms with Gasteiger partial charge in [-0.05, 0) is 26.0 Å². The molecule has 2 heterocycles. The maximum absolute atomic E-state index is 11.0. The van der Waals surface area contributed by atoms with Gasteiger partial charge in [0.15, 0.2) is 5.69 Å². The van der Waals surface area contributed by atoms with Crippen molar-refractivity contribution < 1.29 is 14.6 Å². The molecule has 5 nitrogen and oxygen atoms in total. The highest BCUT2D eigenvalue weighted by Gasteiger charge is 2.28. The molecule has 2 rings (SSSR count). The van der Waals surface area contributed by atoms with E-state index in [1.807, 2.05) is 18.7 Å². The first-order valence-electron chi connectivity index (χ1n) is 5.68. The number of nitrogens with zero attached hydrogens (tertiary/aromatic N) is 2. The van der Waals surface area contributed by atoms with E-state index in [0.29, 0.717) is 25.5 Å². The van der Waals surface area contributed by atoms with Gasteiger partial charge in [0.2, 0.25) is 0 Å². The minimum atomic E-state index is -1.12. The number of ether oxygens (including phenoxy) is 1. The average molecular weight is 271 g/mol. The SMILES string of the molecule is CC1(C)CN(c2ccc(Cl)c(C(=O)O)n2)CCO1. The minimum Gasteiger partial charge on any atom is -0.476 e. The van der Waals surface area contributed by atoms with Crippen LogP contribution in [0.3, 0.4) is 0 Å². The van der Waals surface area contributed by atoms with Crippen molar-refractivity contribution in [1.29, 1.82) is 0 Å². The van der Waals surface area contributed by atoms with Gasteiger partial charge in [0.25, 0.3) is 0 Å². The summed E-state index contributed by atoms with van der Waals surface area (Å²) in [6.07, 6.45) is 0. The second-order valence-corrected chi connectivity index (χ2v) is 5.24. The van der Waals surface area contributed by atoms with E-state index in [-0.39, 0.29) is 16.3 Å². The van der Waals surface area contributed by atoms with Crippen LogP contribution >= 0.6 is 11.6 Å². The number of aromatic carboxylic acids is 1. The van der Waals surface area contributed by atoms with Gasteiger partial charge in [-0.3, -0.25) is 0 Å². The second kappa shape index (κ2) is 4.74. The Kier molecular flexibility index (Phi) is 3.45. The van der Waals surface area contributed by atoms with E-state index >= 15 is 0 Å². The molecule has 0 radical (unpaired) electrons. The summed E-state index contributed by atoms with van der Waals surface area (Å²) in [7, 11) is 0. The van der Waals surface area contributed by atoms with E-state index < -0.39 is 5.97 Å². The molecule has 0 unspecified atom stereocenters. The number of carbonyl (C=O) groups is 1. The molecule has 0 bridgehead atoms. The molecular formula is C12H15ClN2O3. The monoisotopic (exact) mass is 270 g/mol. The van der Waals surface area contributed by atoms with Crippen molar-refractivity contribution >= 4 is 23.4 Å². The first-order chi connectivity index (χ1) is 8.39. The zero-order chi connectivity index (χ0) is 13.3. The first kappa shape index (κ1) is 13.1. The molecule has 0 aromatic carbocycles. The number of hydrogen-bond acceptors (Lipinski definition) is 4. The van der Waals surface area contributed by atoms with Crippen LogP contribution in [0.15, 0.2) is 12.1 Å². The number of carboxylic acid groups (broad SMARTS) is 1. The maximum atomic E-state index is 11.0. The zero-order valence-electron chi connectivity index (χ0n) is 10.3. The summed E-state index contributed by atoms with van der Waals surface area (Å²) in [5.41, 5.74) is -0.373. The lowest BCUT2D eigenvalue weighted by Gasteiger charge is -2.38. The van der Waals surface area contributed by atoms with E-state index in [1.54, 1.807) is 12.1 Å². The fraction of sp³-hybridized carbons (Fsp3) is 0.500. The Labute approximate surface area is 110 Å². The van der Waals surface area contributed by atoms with E-state index in [2.05, 4.69) is 4.98 Å². The molecule has 1 aromatic heterocycles. The number of aromatic nitrogens is 1. The first-order valence-corrected chi connectivity index (χ1v) is 6.05. The van der Waals surface area contributed by atoms with Crippen molar-refractivity contribution in [3.05, 3.63) is 22.8 Å². The van der Waals surface area contributed by atoms with Crippen LogP contribution in [-0.4, -0.2) is 41.4 Å². The molecule has 98 valence electrons. The van der Waals surface area contributed by atoms with Crippen molar-refractivity contribution in [3.8, 4) is 0 Å². The van der Waals surface area contributed by atoms with E-state index in [4.69, 9.17) is 21.4 Å². The molecule has 1 aliphatic heterocycles. The maximum Gasteiger partial charge on any atom is 0.356 e. The Morgan fingerprint density at radius 1 is 1.56 bits per heavy atom. The van der Waals surface area contributed by atoms with Gasteiger partial charge in [-0.1, -0.05) is 11.6 Å². The average Bonchev–Trinajstić information content (AvgIpc) is 2.27. The van der Waals surface area contributed by atoms with Gasteiger partial charge in [0.05, 0.1) is 17.2 Å². The van der Waals surface area contributed by atoms with Gasteiger partial charge in [-0.25, -0.2) is 9.78 Å². The van der Waals surface area contributed by atoms with E-state index in [0.717, 1.165) is 0 Å². The zero-order valence-corrected chi connectivity index (χ0v) is 11.1. The lowest BCUT2D eigenvalue weighted by atomic mass is 10.1. The number of anilines is 1. The largest absolute Gasteiger partial charge is 0.476 e. The van der Waals surface area contributed by atoms with Gasteiger partial charge in [-0.2, -0.15) is 0 Å². The van der Waals surface area contributed by atoms with Gasteiger partial charge < -0.3 is 14.7 Å². The molecule has 1 aliphatic rings. The predicted octanol–water partition coefficient (Wildman–Crippen LogP) is 2.05. The summed E-state index contributed by atoms with van der Waals surface area (Å²) >= 11 is 5.80. The Morgan fingerprint density at radius 2 is 2.28 bits per heavy atom. The highest BCUT2D eigenvalue weighted by atomic mass is 35.5. The topological polar surface area (TPSA) is 62.7 Å². The molecular weight excluding hydrogens is 256 g/mol. The Balaban J connectivity index is 2.28. The third kappa shape index (κ3) is 2.73. The third-order valence-electron chi connectivity index (χ3n) is 2.78. The lowest BCUT2D eigenvalue weighted by molar-refractivity contribution is -0.0279. The smallest absolute Gasteiger partial charge is 0.356 e. The van der Waals surface area contributed by atoms with E-state index in [9.17, 15) is 4.79 Å². The fourth-order valence-electron chi connectivity index (χ4n) is 1.97. The Bertz CT molecular complexity index is 476. The number of carboxylic acids is 1. The Morgan fingerprint density at radius 3 is 2.89 bits per heavy atom. The van der Waals surface area contributed by atoms with Crippen LogP contribution in [0.2, 0.25) is 5.02 Å². The molecule has 18 heavy (non-hydrogen) atoms. The summed E-state index contributed by atoms with van der Waals surface area (Å²) < 4.78 is 5.61. The van der Waals surface area contributed by atoms with Crippen LogP contribution < -0.4 is 4.90 Å². The second-order valence-electron chi connectivity index (χ2n) is 4.83. The number of halogens is 1. The van der Waals surface area contributed by atoms with Crippen LogP contribution in [0.25, 0.3) is 0 Å². The van der Waals surface area contributed by atoms with E-state index in [1.165, 1.54) is 0 Å². The molecule has 1 fully saturated rings. The molecule has 0 atom stereocenters. The van der Waals surface area contributed by atoms with Gasteiger partial charge in [-0.15, -0.1) is 0 Å². The summed E-state index contributed by atoms with van der Waals surface area (Å²) in [6, 6.07) is 3.30. The normalized spacial score (nSPS) is 18.7. The summed E-state index contributed by atoms with van der Waals surface area (Å²) in [5.74, 6) is -0.498. The van der Waals surface area contributed by atoms with Crippen molar-refractivity contribution in [2.24, 2.45) is 0 Å². The third-order valence-corrected chi connectivity index (χ3v) is 3.09. The highest BCUT2D eigenvalue weighted by Crippen LogP contribution is 2.24. The standard InChI is InChI=1S/C12H15ClN2O3/c1-12(2)7-15(5-6-18-12)9-4-3-8(13)10(14-9)11(16)17/h3-4H,5-7H2,1-2H3,(H,16,17).